The lowest BCUT2D eigenvalue weighted by Gasteiger charge is -2.32. The fourth-order valence-electron chi connectivity index (χ4n) is 3.86. The zero-order valence-corrected chi connectivity index (χ0v) is 20.4. The number of halogens is 1. The number of ether oxygens (including phenoxy) is 1. The number of hydrogen-bond donors (Lipinski definition) is 2. The third-order valence-corrected chi connectivity index (χ3v) is 5.54. The Balaban J connectivity index is 0.00000320. The number of guanidine groups is 1. The van der Waals surface area contributed by atoms with E-state index < -0.39 is 0 Å². The first-order chi connectivity index (χ1) is 14.2. The van der Waals surface area contributed by atoms with E-state index in [0.717, 1.165) is 37.7 Å². The molecule has 3 rings (SSSR count). The van der Waals surface area contributed by atoms with Crippen molar-refractivity contribution in [2.45, 2.75) is 51.6 Å². The number of aliphatic imine (C=N–C) groups is 1. The number of anilines is 1. The highest BCUT2D eigenvalue weighted by Gasteiger charge is 2.24. The summed E-state index contributed by atoms with van der Waals surface area (Å²) in [4.78, 5) is 24.9. The van der Waals surface area contributed by atoms with Gasteiger partial charge in [0.25, 0.3) is 0 Å². The van der Waals surface area contributed by atoms with E-state index in [4.69, 9.17) is 4.74 Å². The molecule has 2 aliphatic heterocycles. The molecule has 0 atom stereocenters. The van der Waals surface area contributed by atoms with Crippen molar-refractivity contribution >= 4 is 41.8 Å². The predicted molar refractivity (Wildman–Crippen MR) is 131 cm³/mol. The molecule has 9 heteroatoms. The second-order valence-electron chi connectivity index (χ2n) is 7.60. The van der Waals surface area contributed by atoms with Crippen molar-refractivity contribution in [3.63, 3.8) is 0 Å². The summed E-state index contributed by atoms with van der Waals surface area (Å²) >= 11 is 0. The summed E-state index contributed by atoms with van der Waals surface area (Å²) in [5, 5.41) is 6.88. The Bertz CT molecular complexity index is 688. The second kappa shape index (κ2) is 12.8. The van der Waals surface area contributed by atoms with Crippen molar-refractivity contribution in [2.24, 2.45) is 4.99 Å². The molecule has 0 saturated carbocycles. The van der Waals surface area contributed by atoms with Crippen LogP contribution in [0.15, 0.2) is 23.3 Å². The van der Waals surface area contributed by atoms with Gasteiger partial charge in [0.2, 0.25) is 0 Å². The number of piperidine rings is 2. The molecule has 0 aliphatic carbocycles. The van der Waals surface area contributed by atoms with Crippen LogP contribution < -0.4 is 15.5 Å². The molecule has 8 nitrogen and oxygen atoms in total. The molecule has 30 heavy (non-hydrogen) atoms. The zero-order chi connectivity index (χ0) is 20.5. The Kier molecular flexibility index (Phi) is 10.5. The van der Waals surface area contributed by atoms with Crippen LogP contribution in [0, 0.1) is 0 Å². The van der Waals surface area contributed by atoms with Crippen LogP contribution in [0.1, 0.15) is 44.6 Å². The maximum Gasteiger partial charge on any atom is 0.409 e. The molecule has 3 heterocycles. The molecule has 0 aromatic carbocycles. The molecule has 2 N–H and O–H groups in total. The monoisotopic (exact) mass is 530 g/mol. The molecule has 0 unspecified atom stereocenters. The van der Waals surface area contributed by atoms with Crippen LogP contribution in [0.3, 0.4) is 0 Å². The predicted octanol–water partition coefficient (Wildman–Crippen LogP) is 2.98. The summed E-state index contributed by atoms with van der Waals surface area (Å²) in [6.07, 6.45) is 7.25. The maximum absolute atomic E-state index is 11.8. The van der Waals surface area contributed by atoms with E-state index in [1.807, 2.05) is 19.2 Å². The normalized spacial score (nSPS) is 17.9. The fourth-order valence-corrected chi connectivity index (χ4v) is 3.86. The van der Waals surface area contributed by atoms with Gasteiger partial charge >= 0.3 is 6.09 Å². The fraction of sp³-hybridized carbons (Fsp3) is 0.667. The number of amides is 1. The van der Waals surface area contributed by atoms with Crippen LogP contribution >= 0.6 is 24.0 Å². The minimum Gasteiger partial charge on any atom is -0.450 e. The summed E-state index contributed by atoms with van der Waals surface area (Å²) in [5.41, 5.74) is 1.20. The van der Waals surface area contributed by atoms with E-state index in [1.165, 1.54) is 24.8 Å². The van der Waals surface area contributed by atoms with E-state index in [9.17, 15) is 4.79 Å². The second-order valence-corrected chi connectivity index (χ2v) is 7.60. The average Bonchev–Trinajstić information content (AvgIpc) is 2.78. The Morgan fingerprint density at radius 3 is 2.63 bits per heavy atom. The van der Waals surface area contributed by atoms with Crippen LogP contribution in [-0.2, 0) is 11.3 Å². The molecule has 0 spiro atoms. The first-order valence-electron chi connectivity index (χ1n) is 10.8. The van der Waals surface area contributed by atoms with Crippen molar-refractivity contribution in [1.82, 2.24) is 20.5 Å². The number of rotatable bonds is 5. The smallest absolute Gasteiger partial charge is 0.409 e. The zero-order valence-electron chi connectivity index (χ0n) is 18.1. The van der Waals surface area contributed by atoms with Gasteiger partial charge in [0, 0.05) is 52.0 Å². The van der Waals surface area contributed by atoms with Gasteiger partial charge in [-0.25, -0.2) is 9.78 Å². The molecule has 1 amide bonds. The van der Waals surface area contributed by atoms with Gasteiger partial charge in [-0.05, 0) is 56.7 Å². The van der Waals surface area contributed by atoms with Gasteiger partial charge in [-0.3, -0.25) is 4.99 Å². The lowest BCUT2D eigenvalue weighted by Crippen LogP contribution is -2.49. The number of carbonyl (C=O) groups is 1. The number of aromatic nitrogens is 1. The van der Waals surface area contributed by atoms with Gasteiger partial charge in [-0.15, -0.1) is 24.0 Å². The quantitative estimate of drug-likeness (QED) is 0.346. The largest absolute Gasteiger partial charge is 0.450 e. The van der Waals surface area contributed by atoms with Gasteiger partial charge < -0.3 is 25.2 Å². The van der Waals surface area contributed by atoms with Crippen molar-refractivity contribution in [1.29, 1.82) is 0 Å². The molecular weight excluding hydrogens is 495 g/mol. The Hall–Kier alpha value is -1.78. The number of nitrogens with one attached hydrogen (secondary N) is 2. The van der Waals surface area contributed by atoms with Crippen LogP contribution in [-0.4, -0.2) is 67.8 Å². The maximum atomic E-state index is 11.8. The Morgan fingerprint density at radius 1 is 1.23 bits per heavy atom. The lowest BCUT2D eigenvalue weighted by molar-refractivity contribution is 0.0963. The molecule has 0 radical (unpaired) electrons. The van der Waals surface area contributed by atoms with E-state index in [0.29, 0.717) is 32.3 Å². The van der Waals surface area contributed by atoms with Gasteiger partial charge in [-0.1, -0.05) is 0 Å². The molecule has 1 aromatic heterocycles. The minimum atomic E-state index is -0.212. The molecule has 1 aromatic rings. The highest BCUT2D eigenvalue weighted by atomic mass is 127. The number of nitrogens with zero attached hydrogens (tertiary/aromatic N) is 4. The summed E-state index contributed by atoms with van der Waals surface area (Å²) in [5.74, 6) is 1.86. The first kappa shape index (κ1) is 24.5. The number of likely N-dealkylation sites (tertiary alicyclic amines) is 1. The van der Waals surface area contributed by atoms with Gasteiger partial charge in [0.15, 0.2) is 5.96 Å². The van der Waals surface area contributed by atoms with E-state index in [-0.39, 0.29) is 30.1 Å². The van der Waals surface area contributed by atoms with Crippen LogP contribution in [0.5, 0.6) is 0 Å². The third-order valence-electron chi connectivity index (χ3n) is 5.54. The molecule has 0 bridgehead atoms. The van der Waals surface area contributed by atoms with E-state index >= 15 is 0 Å². The van der Waals surface area contributed by atoms with Crippen molar-refractivity contribution < 1.29 is 9.53 Å². The SMILES string of the molecule is CCOC(=O)N1CCC(NC(=NC)NCc2ccnc(N3CCCCC3)c2)CC1.I. The van der Waals surface area contributed by atoms with Crippen molar-refractivity contribution in [2.75, 3.05) is 44.7 Å². The standard InChI is InChI=1S/C21H34N6O2.HI/c1-3-29-21(28)27-13-8-18(9-14-27)25-20(22-2)24-16-17-7-10-23-19(15-17)26-11-5-4-6-12-26;/h7,10,15,18H,3-6,8-9,11-14,16H2,1-2H3,(H2,22,24,25);1H. The Labute approximate surface area is 196 Å². The van der Waals surface area contributed by atoms with Gasteiger partial charge in [0.1, 0.15) is 5.82 Å². The molecule has 168 valence electrons. The van der Waals surface area contributed by atoms with E-state index in [2.05, 4.69) is 31.6 Å². The number of carbonyl (C=O) groups excluding carboxylic acids is 1. The Morgan fingerprint density at radius 2 is 1.97 bits per heavy atom. The summed E-state index contributed by atoms with van der Waals surface area (Å²) in [6, 6.07) is 4.52. The molecule has 2 fully saturated rings. The van der Waals surface area contributed by atoms with Crippen molar-refractivity contribution in [3.8, 4) is 0 Å². The van der Waals surface area contributed by atoms with Crippen LogP contribution in [0.25, 0.3) is 0 Å². The average molecular weight is 530 g/mol. The third kappa shape index (κ3) is 7.17. The van der Waals surface area contributed by atoms with Crippen LogP contribution in [0.4, 0.5) is 10.6 Å². The highest BCUT2D eigenvalue weighted by molar-refractivity contribution is 14.0. The molecule has 2 saturated heterocycles. The van der Waals surface area contributed by atoms with Crippen LogP contribution in [0.2, 0.25) is 0 Å². The van der Waals surface area contributed by atoms with E-state index in [1.54, 1.807) is 11.9 Å². The van der Waals surface area contributed by atoms with Gasteiger partial charge in [0.05, 0.1) is 6.61 Å². The summed E-state index contributed by atoms with van der Waals surface area (Å²) in [7, 11) is 1.79. The molecule has 2 aliphatic rings. The van der Waals surface area contributed by atoms with Crippen molar-refractivity contribution in [3.05, 3.63) is 23.9 Å². The molecular formula is C21H35IN6O2. The summed E-state index contributed by atoms with van der Waals surface area (Å²) < 4.78 is 5.08. The highest BCUT2D eigenvalue weighted by Crippen LogP contribution is 2.18. The number of hydrogen-bond acceptors (Lipinski definition) is 5. The van der Waals surface area contributed by atoms with Gasteiger partial charge in [-0.2, -0.15) is 0 Å². The minimum absolute atomic E-state index is 0. The summed E-state index contributed by atoms with van der Waals surface area (Å²) in [6.45, 7) is 6.55. The first-order valence-corrected chi connectivity index (χ1v) is 10.8. The topological polar surface area (TPSA) is 82.1 Å². The lowest BCUT2D eigenvalue weighted by atomic mass is 10.1. The number of pyridine rings is 1.